The summed E-state index contributed by atoms with van der Waals surface area (Å²) in [5.41, 5.74) is 0.806. The molecule has 0 aliphatic heterocycles. The molecule has 1 heterocycles. The van der Waals surface area contributed by atoms with Gasteiger partial charge < -0.3 is 9.64 Å². The van der Waals surface area contributed by atoms with Crippen LogP contribution in [0.15, 0.2) is 24.3 Å². The van der Waals surface area contributed by atoms with Crippen LogP contribution in [0.3, 0.4) is 0 Å². The van der Waals surface area contributed by atoms with Gasteiger partial charge in [-0.2, -0.15) is 4.98 Å². The van der Waals surface area contributed by atoms with Gasteiger partial charge >= 0.3 is 0 Å². The third kappa shape index (κ3) is 3.31. The minimum atomic E-state index is 0.219. The molecule has 0 N–H and O–H groups in total. The second kappa shape index (κ2) is 5.98. The van der Waals surface area contributed by atoms with E-state index >= 15 is 0 Å². The highest BCUT2D eigenvalue weighted by Gasteiger charge is 2.07. The van der Waals surface area contributed by atoms with Gasteiger partial charge in [-0.15, -0.1) is 0 Å². The number of para-hydroxylation sites is 1. The summed E-state index contributed by atoms with van der Waals surface area (Å²) in [6.45, 7) is 1.60. The standard InChI is InChI=1S/C13H16ClN3O/c1-17(2)8-5-9-18-12-10-6-3-4-7-11(10)15-13(14)16-12/h3-4,6-7H,5,8-9H2,1-2H3. The fourth-order valence-electron chi connectivity index (χ4n) is 1.68. The third-order valence-corrected chi connectivity index (χ3v) is 2.70. The van der Waals surface area contributed by atoms with Gasteiger partial charge in [0.15, 0.2) is 0 Å². The summed E-state index contributed by atoms with van der Waals surface area (Å²) in [5, 5.41) is 1.11. The molecule has 0 unspecified atom stereocenters. The Kier molecular flexibility index (Phi) is 4.33. The van der Waals surface area contributed by atoms with Gasteiger partial charge in [0.05, 0.1) is 17.5 Å². The number of aromatic nitrogens is 2. The first-order valence-corrected chi connectivity index (χ1v) is 6.24. The normalized spacial score (nSPS) is 11.1. The molecule has 1 aromatic carbocycles. The van der Waals surface area contributed by atoms with Crippen LogP contribution in [0.5, 0.6) is 5.88 Å². The molecule has 0 aliphatic carbocycles. The number of ether oxygens (including phenoxy) is 1. The van der Waals surface area contributed by atoms with Crippen LogP contribution in [0.1, 0.15) is 6.42 Å². The van der Waals surface area contributed by atoms with E-state index in [2.05, 4.69) is 14.9 Å². The molecule has 18 heavy (non-hydrogen) atoms. The van der Waals surface area contributed by atoms with Crippen molar-refractivity contribution in [1.82, 2.24) is 14.9 Å². The SMILES string of the molecule is CN(C)CCCOc1nc(Cl)nc2ccccc12. The van der Waals surface area contributed by atoms with Gasteiger partial charge in [0.1, 0.15) is 0 Å². The van der Waals surface area contributed by atoms with Gasteiger partial charge in [-0.1, -0.05) is 12.1 Å². The summed E-state index contributed by atoms with van der Waals surface area (Å²) in [5.74, 6) is 0.560. The average Bonchev–Trinajstić information content (AvgIpc) is 2.34. The van der Waals surface area contributed by atoms with Crippen molar-refractivity contribution in [3.63, 3.8) is 0 Å². The van der Waals surface area contributed by atoms with E-state index in [0.29, 0.717) is 12.5 Å². The van der Waals surface area contributed by atoms with Crippen LogP contribution in [0.2, 0.25) is 5.28 Å². The molecule has 5 heteroatoms. The van der Waals surface area contributed by atoms with Crippen LogP contribution in [-0.2, 0) is 0 Å². The minimum Gasteiger partial charge on any atom is -0.477 e. The highest BCUT2D eigenvalue weighted by molar-refractivity contribution is 6.28. The van der Waals surface area contributed by atoms with E-state index < -0.39 is 0 Å². The summed E-state index contributed by atoms with van der Waals surface area (Å²) in [7, 11) is 4.08. The van der Waals surface area contributed by atoms with Gasteiger partial charge in [0.2, 0.25) is 11.2 Å². The van der Waals surface area contributed by atoms with Crippen molar-refractivity contribution in [3.8, 4) is 5.88 Å². The summed E-state index contributed by atoms with van der Waals surface area (Å²) in [6.07, 6.45) is 0.947. The summed E-state index contributed by atoms with van der Waals surface area (Å²) < 4.78 is 5.69. The quantitative estimate of drug-likeness (QED) is 0.615. The van der Waals surface area contributed by atoms with Crippen LogP contribution >= 0.6 is 11.6 Å². The molecular formula is C13H16ClN3O. The van der Waals surface area contributed by atoms with E-state index in [4.69, 9.17) is 16.3 Å². The molecule has 0 amide bonds. The van der Waals surface area contributed by atoms with Crippen LogP contribution in [0.25, 0.3) is 10.9 Å². The zero-order valence-electron chi connectivity index (χ0n) is 10.6. The first-order chi connectivity index (χ1) is 8.66. The van der Waals surface area contributed by atoms with Crippen molar-refractivity contribution >= 4 is 22.5 Å². The molecule has 0 radical (unpaired) electrons. The number of halogens is 1. The summed E-state index contributed by atoms with van der Waals surface area (Å²) >= 11 is 5.88. The van der Waals surface area contributed by atoms with Crippen molar-refractivity contribution in [2.24, 2.45) is 0 Å². The van der Waals surface area contributed by atoms with Crippen LogP contribution in [-0.4, -0.2) is 42.1 Å². The molecule has 4 nitrogen and oxygen atoms in total. The lowest BCUT2D eigenvalue weighted by Gasteiger charge is -2.11. The van der Waals surface area contributed by atoms with Gasteiger partial charge in [-0.3, -0.25) is 0 Å². The van der Waals surface area contributed by atoms with Crippen molar-refractivity contribution in [3.05, 3.63) is 29.5 Å². The fraction of sp³-hybridized carbons (Fsp3) is 0.385. The molecule has 0 fully saturated rings. The van der Waals surface area contributed by atoms with E-state index in [1.807, 2.05) is 38.4 Å². The van der Waals surface area contributed by atoms with Gasteiger partial charge in [-0.25, -0.2) is 4.98 Å². The second-order valence-corrected chi connectivity index (χ2v) is 4.66. The molecule has 0 atom stereocenters. The molecule has 0 bridgehead atoms. The van der Waals surface area contributed by atoms with Crippen LogP contribution in [0, 0.1) is 0 Å². The summed E-state index contributed by atoms with van der Waals surface area (Å²) in [4.78, 5) is 10.4. The molecule has 96 valence electrons. The molecule has 2 aromatic rings. The highest BCUT2D eigenvalue weighted by atomic mass is 35.5. The summed E-state index contributed by atoms with van der Waals surface area (Å²) in [6, 6.07) is 7.69. The average molecular weight is 266 g/mol. The number of hydrogen-bond acceptors (Lipinski definition) is 4. The molecular weight excluding hydrogens is 250 g/mol. The van der Waals surface area contributed by atoms with E-state index in [-0.39, 0.29) is 5.28 Å². The maximum atomic E-state index is 5.88. The predicted molar refractivity (Wildman–Crippen MR) is 73.2 cm³/mol. The Labute approximate surface area is 112 Å². The van der Waals surface area contributed by atoms with Crippen molar-refractivity contribution in [2.45, 2.75) is 6.42 Å². The molecule has 0 spiro atoms. The first-order valence-electron chi connectivity index (χ1n) is 5.86. The number of benzene rings is 1. The molecule has 0 saturated carbocycles. The third-order valence-electron chi connectivity index (χ3n) is 2.53. The largest absolute Gasteiger partial charge is 0.477 e. The maximum Gasteiger partial charge on any atom is 0.226 e. The fourth-order valence-corrected chi connectivity index (χ4v) is 1.85. The molecule has 2 rings (SSSR count). The van der Waals surface area contributed by atoms with Gasteiger partial charge in [0.25, 0.3) is 0 Å². The number of hydrogen-bond donors (Lipinski definition) is 0. The smallest absolute Gasteiger partial charge is 0.226 e. The van der Waals surface area contributed by atoms with Crippen molar-refractivity contribution < 1.29 is 4.74 Å². The van der Waals surface area contributed by atoms with Gasteiger partial charge in [-0.05, 0) is 44.2 Å². The van der Waals surface area contributed by atoms with E-state index in [1.165, 1.54) is 0 Å². The minimum absolute atomic E-state index is 0.219. The Morgan fingerprint density at radius 1 is 1.22 bits per heavy atom. The van der Waals surface area contributed by atoms with E-state index in [1.54, 1.807) is 0 Å². The Morgan fingerprint density at radius 2 is 2.00 bits per heavy atom. The Hall–Kier alpha value is -1.39. The zero-order chi connectivity index (χ0) is 13.0. The number of nitrogens with zero attached hydrogens (tertiary/aromatic N) is 3. The highest BCUT2D eigenvalue weighted by Crippen LogP contribution is 2.23. The molecule has 1 aromatic heterocycles. The van der Waals surface area contributed by atoms with Crippen molar-refractivity contribution in [2.75, 3.05) is 27.2 Å². The van der Waals surface area contributed by atoms with Crippen molar-refractivity contribution in [1.29, 1.82) is 0 Å². The number of rotatable bonds is 5. The topological polar surface area (TPSA) is 38.2 Å². The Morgan fingerprint density at radius 3 is 2.78 bits per heavy atom. The van der Waals surface area contributed by atoms with E-state index in [9.17, 15) is 0 Å². The zero-order valence-corrected chi connectivity index (χ0v) is 11.3. The van der Waals surface area contributed by atoms with Gasteiger partial charge in [0, 0.05) is 6.54 Å². The predicted octanol–water partition coefficient (Wildman–Crippen LogP) is 2.61. The second-order valence-electron chi connectivity index (χ2n) is 4.32. The molecule has 0 aliphatic rings. The Balaban J connectivity index is 2.12. The molecule has 0 saturated heterocycles. The number of fused-ring (bicyclic) bond motifs is 1. The monoisotopic (exact) mass is 265 g/mol. The lowest BCUT2D eigenvalue weighted by atomic mass is 10.2. The lowest BCUT2D eigenvalue weighted by Crippen LogP contribution is -2.15. The van der Waals surface area contributed by atoms with Crippen LogP contribution < -0.4 is 4.74 Å². The van der Waals surface area contributed by atoms with Crippen LogP contribution in [0.4, 0.5) is 0 Å². The van der Waals surface area contributed by atoms with E-state index in [0.717, 1.165) is 23.9 Å². The Bertz CT molecular complexity index is 531. The lowest BCUT2D eigenvalue weighted by molar-refractivity contribution is 0.276. The first kappa shape index (κ1) is 13.1. The maximum absolute atomic E-state index is 5.88.